The Hall–Kier alpha value is -3.53. The number of rotatable bonds is 3. The Kier molecular flexibility index (Phi) is 5.10. The second kappa shape index (κ2) is 7.62. The highest BCUT2D eigenvalue weighted by molar-refractivity contribution is 5.65. The van der Waals surface area contributed by atoms with Crippen LogP contribution >= 0.6 is 0 Å². The smallest absolute Gasteiger partial charge is 0.417 e. The number of pyridine rings is 1. The fourth-order valence-corrected chi connectivity index (χ4v) is 3.91. The average molecular weight is 424 g/mol. The first-order valence-electron chi connectivity index (χ1n) is 9.76. The fourth-order valence-electron chi connectivity index (χ4n) is 3.91. The number of aromatic nitrogens is 1. The number of aryl methyl sites for hydroxylation is 2. The predicted molar refractivity (Wildman–Crippen MR) is 110 cm³/mol. The lowest BCUT2D eigenvalue weighted by Gasteiger charge is -2.19. The Balaban J connectivity index is 1.98. The van der Waals surface area contributed by atoms with Crippen LogP contribution in [0.2, 0.25) is 0 Å². The lowest BCUT2D eigenvalue weighted by Crippen LogP contribution is -2.29. The van der Waals surface area contributed by atoms with Crippen molar-refractivity contribution < 1.29 is 17.9 Å². The van der Waals surface area contributed by atoms with Gasteiger partial charge in [0.1, 0.15) is 17.4 Å². The maximum absolute atomic E-state index is 13.7. The summed E-state index contributed by atoms with van der Waals surface area (Å²) in [5.74, 6) is 0.691. The van der Waals surface area contributed by atoms with Crippen molar-refractivity contribution in [3.63, 3.8) is 0 Å². The minimum absolute atomic E-state index is 0.0562. The summed E-state index contributed by atoms with van der Waals surface area (Å²) in [6.07, 6.45) is -4.18. The van der Waals surface area contributed by atoms with Crippen molar-refractivity contribution in [1.29, 1.82) is 5.26 Å². The Bertz CT molecular complexity index is 1280. The minimum Gasteiger partial charge on any atom is -0.493 e. The van der Waals surface area contributed by atoms with Crippen LogP contribution in [0.1, 0.15) is 33.4 Å². The lowest BCUT2D eigenvalue weighted by atomic mass is 10.0. The molecule has 0 bridgehead atoms. The normalized spacial score (nSPS) is 12.9. The van der Waals surface area contributed by atoms with Crippen molar-refractivity contribution in [3.05, 3.63) is 86.2 Å². The number of alkyl halides is 3. The zero-order chi connectivity index (χ0) is 22.3. The number of ether oxygens (including phenoxy) is 1. The van der Waals surface area contributed by atoms with Crippen molar-refractivity contribution in [3.8, 4) is 23.1 Å². The van der Waals surface area contributed by atoms with E-state index in [0.29, 0.717) is 24.3 Å². The summed E-state index contributed by atoms with van der Waals surface area (Å²) in [5.41, 5.74) is 1.14. The summed E-state index contributed by atoms with van der Waals surface area (Å²) < 4.78 is 47.8. The summed E-state index contributed by atoms with van der Waals surface area (Å²) in [5, 5.41) is 9.35. The molecule has 1 aliphatic rings. The molecule has 0 fully saturated rings. The molecule has 31 heavy (non-hydrogen) atoms. The van der Waals surface area contributed by atoms with Gasteiger partial charge in [0, 0.05) is 6.42 Å². The molecule has 0 unspecified atom stereocenters. The van der Waals surface area contributed by atoms with Gasteiger partial charge in [-0.2, -0.15) is 18.4 Å². The van der Waals surface area contributed by atoms with Crippen molar-refractivity contribution in [2.24, 2.45) is 0 Å². The van der Waals surface area contributed by atoms with E-state index in [9.17, 15) is 23.2 Å². The molecule has 0 N–H and O–H groups in total. The Morgan fingerprint density at radius 2 is 1.90 bits per heavy atom. The van der Waals surface area contributed by atoms with Gasteiger partial charge in [-0.15, -0.1) is 0 Å². The first kappa shape index (κ1) is 20.7. The van der Waals surface area contributed by atoms with Crippen LogP contribution in [0.15, 0.2) is 47.3 Å². The molecule has 2 aromatic carbocycles. The molecule has 158 valence electrons. The molecule has 7 heteroatoms. The highest BCUT2D eigenvalue weighted by Crippen LogP contribution is 2.35. The van der Waals surface area contributed by atoms with Crippen LogP contribution in [0.25, 0.3) is 11.3 Å². The molecule has 1 aromatic heterocycles. The molecule has 0 saturated carbocycles. The van der Waals surface area contributed by atoms with Gasteiger partial charge in [0.2, 0.25) is 0 Å². The molecular weight excluding hydrogens is 405 g/mol. The minimum atomic E-state index is -4.82. The van der Waals surface area contributed by atoms with Gasteiger partial charge in [0.25, 0.3) is 5.56 Å². The van der Waals surface area contributed by atoms with E-state index >= 15 is 0 Å². The fraction of sp³-hybridized carbons (Fsp3) is 0.250. The van der Waals surface area contributed by atoms with Crippen LogP contribution in [0.4, 0.5) is 13.2 Å². The lowest BCUT2D eigenvalue weighted by molar-refractivity contribution is -0.137. The molecule has 0 radical (unpaired) electrons. The molecule has 4 rings (SSSR count). The Morgan fingerprint density at radius 3 is 2.58 bits per heavy atom. The topological polar surface area (TPSA) is 55.0 Å². The third kappa shape index (κ3) is 3.81. The molecular formula is C24H19F3N2O2. The number of nitrogens with zero attached hydrogens (tertiary/aromatic N) is 2. The van der Waals surface area contributed by atoms with Crippen LogP contribution in [0.3, 0.4) is 0 Å². The van der Waals surface area contributed by atoms with E-state index in [0.717, 1.165) is 28.3 Å². The zero-order valence-electron chi connectivity index (χ0n) is 17.0. The van der Waals surface area contributed by atoms with Crippen LogP contribution in [-0.4, -0.2) is 11.2 Å². The number of nitriles is 1. The van der Waals surface area contributed by atoms with Gasteiger partial charge in [0.05, 0.1) is 24.4 Å². The van der Waals surface area contributed by atoms with E-state index in [2.05, 4.69) is 0 Å². The standard InChI is InChI=1S/C24H19F3N2O2/c1-14-3-4-18(15(2)9-14)13-29-21(16-5-6-22-17(10-16)7-8-31-22)11-20(24(25,26)27)19(12-28)23(29)30/h3-6,9-11H,7-8,13H2,1-2H3. The quantitative estimate of drug-likeness (QED) is 0.594. The van der Waals surface area contributed by atoms with Crippen LogP contribution < -0.4 is 10.3 Å². The van der Waals surface area contributed by atoms with E-state index in [-0.39, 0.29) is 12.2 Å². The summed E-state index contributed by atoms with van der Waals surface area (Å²) in [4.78, 5) is 13.1. The van der Waals surface area contributed by atoms with E-state index < -0.39 is 22.9 Å². The van der Waals surface area contributed by atoms with Crippen LogP contribution in [0, 0.1) is 25.2 Å². The van der Waals surface area contributed by atoms with Crippen LogP contribution in [-0.2, 0) is 19.1 Å². The molecule has 3 aromatic rings. The number of benzene rings is 2. The summed E-state index contributed by atoms with van der Waals surface area (Å²) in [7, 11) is 0. The largest absolute Gasteiger partial charge is 0.493 e. The second-order valence-electron chi connectivity index (χ2n) is 7.67. The molecule has 0 saturated heterocycles. The third-order valence-electron chi connectivity index (χ3n) is 5.53. The van der Waals surface area contributed by atoms with Crippen LogP contribution in [0.5, 0.6) is 5.75 Å². The third-order valence-corrected chi connectivity index (χ3v) is 5.53. The first-order chi connectivity index (χ1) is 14.7. The molecule has 0 amide bonds. The summed E-state index contributed by atoms with van der Waals surface area (Å²) in [6, 6.07) is 13.1. The van der Waals surface area contributed by atoms with E-state index in [1.54, 1.807) is 18.2 Å². The van der Waals surface area contributed by atoms with Gasteiger partial charge < -0.3 is 9.30 Å². The van der Waals surface area contributed by atoms with Gasteiger partial charge in [-0.3, -0.25) is 4.79 Å². The molecule has 4 nitrogen and oxygen atoms in total. The molecule has 0 aliphatic carbocycles. The van der Waals surface area contributed by atoms with Crippen molar-refractivity contribution in [2.45, 2.75) is 33.0 Å². The summed E-state index contributed by atoms with van der Waals surface area (Å²) >= 11 is 0. The molecule has 0 atom stereocenters. The molecule has 2 heterocycles. The van der Waals surface area contributed by atoms with Gasteiger partial charge in [-0.05, 0) is 60.4 Å². The number of fused-ring (bicyclic) bond motifs is 1. The van der Waals surface area contributed by atoms with Crippen molar-refractivity contribution >= 4 is 0 Å². The number of hydrogen-bond acceptors (Lipinski definition) is 3. The van der Waals surface area contributed by atoms with Crippen molar-refractivity contribution in [1.82, 2.24) is 4.57 Å². The zero-order valence-corrected chi connectivity index (χ0v) is 17.0. The number of hydrogen-bond donors (Lipinski definition) is 0. The molecule has 1 aliphatic heterocycles. The van der Waals surface area contributed by atoms with Gasteiger partial charge in [0.15, 0.2) is 0 Å². The Labute approximate surface area is 177 Å². The van der Waals surface area contributed by atoms with E-state index in [1.165, 1.54) is 10.6 Å². The average Bonchev–Trinajstić information content (AvgIpc) is 3.18. The maximum Gasteiger partial charge on any atom is 0.417 e. The van der Waals surface area contributed by atoms with E-state index in [1.807, 2.05) is 32.0 Å². The highest BCUT2D eigenvalue weighted by Gasteiger charge is 2.36. The van der Waals surface area contributed by atoms with Gasteiger partial charge in [-0.25, -0.2) is 0 Å². The predicted octanol–water partition coefficient (Wildman–Crippen LogP) is 5.01. The van der Waals surface area contributed by atoms with Crippen molar-refractivity contribution in [2.75, 3.05) is 6.61 Å². The monoisotopic (exact) mass is 424 g/mol. The Morgan fingerprint density at radius 1 is 1.13 bits per heavy atom. The SMILES string of the molecule is Cc1ccc(Cn2c(-c3ccc4c(c3)CCO4)cc(C(F)(F)F)c(C#N)c2=O)c(C)c1. The van der Waals surface area contributed by atoms with E-state index in [4.69, 9.17) is 4.74 Å². The first-order valence-corrected chi connectivity index (χ1v) is 9.76. The maximum atomic E-state index is 13.7. The van der Waals surface area contributed by atoms with Gasteiger partial charge >= 0.3 is 6.18 Å². The highest BCUT2D eigenvalue weighted by atomic mass is 19.4. The number of halogens is 3. The summed E-state index contributed by atoms with van der Waals surface area (Å²) in [6.45, 7) is 4.39. The van der Waals surface area contributed by atoms with Gasteiger partial charge in [-0.1, -0.05) is 23.8 Å². The molecule has 0 spiro atoms. The second-order valence-corrected chi connectivity index (χ2v) is 7.67.